The zero-order valence-corrected chi connectivity index (χ0v) is 20.8. The number of hydrogen-bond donors (Lipinski definition) is 4. The van der Waals surface area contributed by atoms with Crippen molar-refractivity contribution in [2.45, 2.75) is 38.5 Å². The van der Waals surface area contributed by atoms with Crippen LogP contribution < -0.4 is 0 Å². The third kappa shape index (κ3) is 8.21. The summed E-state index contributed by atoms with van der Waals surface area (Å²) in [6.45, 7) is 8.28. The Morgan fingerprint density at radius 3 is 1.97 bits per heavy atom. The monoisotopic (exact) mass is 535 g/mol. The van der Waals surface area contributed by atoms with Crippen LogP contribution in [-0.2, 0) is 42.4 Å². The van der Waals surface area contributed by atoms with E-state index in [1.807, 2.05) is 12.5 Å². The van der Waals surface area contributed by atoms with Gasteiger partial charge in [0, 0.05) is 58.6 Å². The van der Waals surface area contributed by atoms with Crippen molar-refractivity contribution >= 4 is 28.1 Å². The van der Waals surface area contributed by atoms with E-state index in [1.165, 1.54) is 10.00 Å². The maximum atomic E-state index is 12.6. The Morgan fingerprint density at radius 2 is 1.50 bits per heavy atom. The smallest absolute Gasteiger partial charge is 0.336 e. The third-order valence-corrected chi connectivity index (χ3v) is 7.80. The van der Waals surface area contributed by atoms with Crippen LogP contribution in [0, 0.1) is 0 Å². The van der Waals surface area contributed by atoms with Crippen LogP contribution in [0.5, 0.6) is 0 Å². The number of aliphatic carboxylic acids is 3. The number of piperazine rings is 1. The summed E-state index contributed by atoms with van der Waals surface area (Å²) in [5.74, 6) is -5.02. The molecule has 36 heavy (non-hydrogen) atoms. The van der Waals surface area contributed by atoms with E-state index in [9.17, 15) is 22.8 Å². The molecular formula is C20H33N5O10S. The quantitative estimate of drug-likeness (QED) is 0.266. The van der Waals surface area contributed by atoms with Gasteiger partial charge in [0.25, 0.3) is 10.2 Å². The zero-order chi connectivity index (χ0) is 26.9. The van der Waals surface area contributed by atoms with Gasteiger partial charge in [0.15, 0.2) is 5.60 Å². The summed E-state index contributed by atoms with van der Waals surface area (Å²) in [4.78, 5) is 37.0. The topological polar surface area (TPSA) is 203 Å². The summed E-state index contributed by atoms with van der Waals surface area (Å²) in [7, 11) is -3.34. The van der Waals surface area contributed by atoms with E-state index in [-0.39, 0.29) is 0 Å². The Morgan fingerprint density at radius 1 is 0.972 bits per heavy atom. The van der Waals surface area contributed by atoms with Crippen molar-refractivity contribution in [2.75, 3.05) is 52.5 Å². The minimum atomic E-state index is -3.34. The molecule has 0 aliphatic carbocycles. The number of morpholine rings is 1. The number of rotatable bonds is 10. The lowest BCUT2D eigenvalue weighted by molar-refractivity contribution is -0.170. The van der Waals surface area contributed by atoms with Crippen molar-refractivity contribution in [3.05, 3.63) is 18.2 Å². The lowest BCUT2D eigenvalue weighted by atomic mass is 9.96. The summed E-state index contributed by atoms with van der Waals surface area (Å²) in [5.41, 5.74) is -1.56. The highest BCUT2D eigenvalue weighted by molar-refractivity contribution is 7.86. The van der Waals surface area contributed by atoms with E-state index in [2.05, 4.69) is 21.4 Å². The fraction of sp³-hybridized carbons (Fsp3) is 0.700. The van der Waals surface area contributed by atoms with E-state index in [0.29, 0.717) is 39.4 Å². The van der Waals surface area contributed by atoms with Crippen molar-refractivity contribution in [3.8, 4) is 0 Å². The van der Waals surface area contributed by atoms with E-state index < -0.39 is 46.6 Å². The fourth-order valence-electron chi connectivity index (χ4n) is 3.77. The lowest BCUT2D eigenvalue weighted by Gasteiger charge is -2.37. The summed E-state index contributed by atoms with van der Waals surface area (Å²) in [5, 5.41) is 33.8. The van der Waals surface area contributed by atoms with Crippen molar-refractivity contribution in [2.24, 2.45) is 0 Å². The van der Waals surface area contributed by atoms with Crippen molar-refractivity contribution in [1.82, 2.24) is 23.1 Å². The number of aliphatic hydroxyl groups is 1. The second kappa shape index (κ2) is 13.1. The molecule has 3 rings (SSSR count). The van der Waals surface area contributed by atoms with Gasteiger partial charge in [0.05, 0.1) is 38.1 Å². The fourth-order valence-corrected chi connectivity index (χ4v) is 5.33. The number of hydrogen-bond acceptors (Lipinski definition) is 9. The summed E-state index contributed by atoms with van der Waals surface area (Å²) in [6.07, 6.45) is 1.44. The van der Waals surface area contributed by atoms with Crippen LogP contribution in [-0.4, -0.2) is 128 Å². The molecule has 0 spiro atoms. The first-order valence-corrected chi connectivity index (χ1v) is 12.7. The number of carboxylic acids is 3. The van der Waals surface area contributed by atoms with Crippen molar-refractivity contribution in [1.29, 1.82) is 0 Å². The van der Waals surface area contributed by atoms with Crippen molar-refractivity contribution in [3.63, 3.8) is 0 Å². The molecule has 0 radical (unpaired) electrons. The van der Waals surface area contributed by atoms with E-state index >= 15 is 0 Å². The first-order valence-electron chi connectivity index (χ1n) is 11.3. The molecule has 204 valence electrons. The molecule has 0 aromatic carbocycles. The number of carboxylic acid groups (broad SMARTS) is 3. The van der Waals surface area contributed by atoms with Crippen molar-refractivity contribution < 1.29 is 48.0 Å². The van der Waals surface area contributed by atoms with Gasteiger partial charge in [-0.25, -0.2) is 9.78 Å². The molecule has 1 aromatic heterocycles. The molecule has 2 fully saturated rings. The molecule has 1 aromatic rings. The van der Waals surface area contributed by atoms with Crippen LogP contribution in [0.4, 0.5) is 0 Å². The van der Waals surface area contributed by atoms with Gasteiger partial charge in [-0.3, -0.25) is 14.5 Å². The first-order chi connectivity index (χ1) is 16.9. The zero-order valence-electron chi connectivity index (χ0n) is 20.0. The molecule has 15 nitrogen and oxygen atoms in total. The Hall–Kier alpha value is -2.63. The van der Waals surface area contributed by atoms with E-state index in [4.69, 9.17) is 25.2 Å². The highest BCUT2D eigenvalue weighted by Gasteiger charge is 2.40. The van der Waals surface area contributed by atoms with Crippen LogP contribution >= 0.6 is 0 Å². The Labute approximate surface area is 208 Å². The number of ether oxygens (including phenoxy) is 1. The van der Waals surface area contributed by atoms with Crippen LogP contribution in [0.2, 0.25) is 0 Å². The van der Waals surface area contributed by atoms with Gasteiger partial charge in [-0.05, 0) is 6.92 Å². The molecule has 0 unspecified atom stereocenters. The third-order valence-electron chi connectivity index (χ3n) is 5.76. The van der Waals surface area contributed by atoms with Gasteiger partial charge in [-0.1, -0.05) is 0 Å². The average molecular weight is 536 g/mol. The van der Waals surface area contributed by atoms with Gasteiger partial charge < -0.3 is 29.7 Å². The van der Waals surface area contributed by atoms with Crippen LogP contribution in [0.15, 0.2) is 12.5 Å². The Kier molecular flexibility index (Phi) is 10.7. The molecule has 0 amide bonds. The van der Waals surface area contributed by atoms with Crippen LogP contribution in [0.1, 0.15) is 25.5 Å². The molecule has 2 aliphatic heterocycles. The molecule has 3 heterocycles. The lowest BCUT2D eigenvalue weighted by Crippen LogP contribution is -2.54. The molecule has 0 atom stereocenters. The summed E-state index contributed by atoms with van der Waals surface area (Å²) < 4.78 is 35.8. The number of aromatic nitrogens is 2. The second-order valence-corrected chi connectivity index (χ2v) is 10.3. The van der Waals surface area contributed by atoms with Gasteiger partial charge in [0.1, 0.15) is 0 Å². The second-order valence-electron chi connectivity index (χ2n) is 8.34. The maximum absolute atomic E-state index is 12.6. The minimum absolute atomic E-state index is 0.457. The minimum Gasteiger partial charge on any atom is -0.481 e. The summed E-state index contributed by atoms with van der Waals surface area (Å²) >= 11 is 0. The van der Waals surface area contributed by atoms with Gasteiger partial charge in [-0.2, -0.15) is 17.0 Å². The average Bonchev–Trinajstić information content (AvgIpc) is 3.26. The predicted octanol–water partition coefficient (Wildman–Crippen LogP) is -1.65. The molecule has 4 N–H and O–H groups in total. The summed E-state index contributed by atoms with van der Waals surface area (Å²) in [6, 6.07) is 0. The van der Waals surface area contributed by atoms with Gasteiger partial charge >= 0.3 is 17.9 Å². The first kappa shape index (κ1) is 29.6. The van der Waals surface area contributed by atoms with E-state index in [0.717, 1.165) is 26.2 Å². The van der Waals surface area contributed by atoms with Crippen LogP contribution in [0.3, 0.4) is 0 Å². The highest BCUT2D eigenvalue weighted by Crippen LogP contribution is 2.16. The standard InChI is InChI=1S/C14H25N5O3S.C6H8O7/c1-2-17-13-15-11-14(17)12-16-3-5-18(6-4-16)23(20,21)19-7-9-22-10-8-19;7-3(8)1-6(13,5(11)12)2-4(9)10/h11,13H,2-10,12H2,1H3;13H,1-2H2,(H,7,8)(H,9,10)(H,11,12). The maximum Gasteiger partial charge on any atom is 0.336 e. The van der Waals surface area contributed by atoms with Crippen LogP contribution in [0.25, 0.3) is 0 Å². The molecular weight excluding hydrogens is 502 g/mol. The number of aryl methyl sites for hydroxylation is 1. The molecule has 16 heteroatoms. The Bertz CT molecular complexity index is 984. The molecule has 2 saturated heterocycles. The highest BCUT2D eigenvalue weighted by atomic mass is 32.2. The van der Waals surface area contributed by atoms with Gasteiger partial charge in [-0.15, -0.1) is 0 Å². The SMILES string of the molecule is CCn1cncc1CN1CCN(S(=O)(=O)N2CCOCC2)CC1.O=C(O)CC(O)(CC(=O)O)C(=O)O. The predicted molar refractivity (Wildman–Crippen MR) is 123 cm³/mol. The molecule has 0 saturated carbocycles. The number of imidazole rings is 1. The number of nitrogens with zero attached hydrogens (tertiary/aromatic N) is 5. The normalized spacial score (nSPS) is 18.3. The largest absolute Gasteiger partial charge is 0.481 e. The van der Waals surface area contributed by atoms with E-state index in [1.54, 1.807) is 4.31 Å². The van der Waals surface area contributed by atoms with Gasteiger partial charge in [0.2, 0.25) is 0 Å². The molecule has 2 aliphatic rings. The molecule has 0 bridgehead atoms. The number of carbonyl (C=O) groups is 3. The Balaban J connectivity index is 0.000000302.